The summed E-state index contributed by atoms with van der Waals surface area (Å²) < 4.78 is 15.9. The molecule has 0 saturated carbocycles. The lowest BCUT2D eigenvalue weighted by molar-refractivity contribution is 0.0244. The van der Waals surface area contributed by atoms with Crippen LogP contribution in [0.5, 0.6) is 11.5 Å². The zero-order valence-corrected chi connectivity index (χ0v) is 17.8. The highest BCUT2D eigenvalue weighted by molar-refractivity contribution is 5.95. The van der Waals surface area contributed by atoms with E-state index in [0.29, 0.717) is 36.7 Å². The van der Waals surface area contributed by atoms with Crippen LogP contribution in [0, 0.1) is 5.92 Å². The van der Waals surface area contributed by atoms with Crippen LogP contribution in [0.15, 0.2) is 18.2 Å². The van der Waals surface area contributed by atoms with Gasteiger partial charge in [-0.1, -0.05) is 0 Å². The molecule has 0 bridgehead atoms. The molecule has 7 nitrogen and oxygen atoms in total. The molecule has 0 aromatic heterocycles. The lowest BCUT2D eigenvalue weighted by Gasteiger charge is -2.35. The summed E-state index contributed by atoms with van der Waals surface area (Å²) in [7, 11) is 4.86. The fourth-order valence-corrected chi connectivity index (χ4v) is 3.31. The predicted octanol–water partition coefficient (Wildman–Crippen LogP) is 3.42. The van der Waals surface area contributed by atoms with Crippen LogP contribution < -0.4 is 9.47 Å². The van der Waals surface area contributed by atoms with Crippen molar-refractivity contribution in [2.45, 2.75) is 39.2 Å². The molecule has 1 atom stereocenters. The summed E-state index contributed by atoms with van der Waals surface area (Å²) in [6.45, 7) is 7.41. The Hall–Kier alpha value is -2.44. The lowest BCUT2D eigenvalue weighted by atomic mass is 9.97. The van der Waals surface area contributed by atoms with Crippen LogP contribution in [0.2, 0.25) is 0 Å². The maximum atomic E-state index is 13.0. The van der Waals surface area contributed by atoms with Gasteiger partial charge in [0.05, 0.1) is 14.2 Å². The number of piperidine rings is 1. The Balaban J connectivity index is 2.02. The van der Waals surface area contributed by atoms with Gasteiger partial charge in [-0.05, 0) is 51.7 Å². The second kappa shape index (κ2) is 9.17. The molecule has 2 amide bonds. The smallest absolute Gasteiger partial charge is 0.410 e. The molecule has 1 aromatic carbocycles. The highest BCUT2D eigenvalue weighted by Gasteiger charge is 2.28. The highest BCUT2D eigenvalue weighted by atomic mass is 16.6. The summed E-state index contributed by atoms with van der Waals surface area (Å²) in [4.78, 5) is 28.6. The van der Waals surface area contributed by atoms with Gasteiger partial charge < -0.3 is 24.0 Å². The molecule has 1 aromatic rings. The minimum absolute atomic E-state index is 0.0539. The molecular formula is C21H32N2O5. The third-order valence-electron chi connectivity index (χ3n) is 4.64. The van der Waals surface area contributed by atoms with E-state index in [9.17, 15) is 9.59 Å². The van der Waals surface area contributed by atoms with Crippen LogP contribution in [0.25, 0.3) is 0 Å². The fraction of sp³-hybridized carbons (Fsp3) is 0.619. The van der Waals surface area contributed by atoms with E-state index in [-0.39, 0.29) is 17.9 Å². The second-order valence-corrected chi connectivity index (χ2v) is 8.22. The Morgan fingerprint density at radius 1 is 1.14 bits per heavy atom. The van der Waals surface area contributed by atoms with Crippen molar-refractivity contribution in [3.63, 3.8) is 0 Å². The van der Waals surface area contributed by atoms with E-state index in [1.54, 1.807) is 44.4 Å². The Labute approximate surface area is 167 Å². The van der Waals surface area contributed by atoms with E-state index in [1.807, 2.05) is 25.7 Å². The van der Waals surface area contributed by atoms with Crippen molar-refractivity contribution in [1.82, 2.24) is 9.80 Å². The van der Waals surface area contributed by atoms with Gasteiger partial charge >= 0.3 is 6.09 Å². The molecule has 2 rings (SSSR count). The standard InChI is InChI=1S/C21H32N2O5/c1-21(2,3)28-20(25)22(4)13-15-8-7-9-23(14-15)19(24)16-10-17(26-5)12-18(11-16)27-6/h10-12,15H,7-9,13-14H2,1-6H3. The molecule has 1 fully saturated rings. The summed E-state index contributed by atoms with van der Waals surface area (Å²) in [6, 6.07) is 5.19. The van der Waals surface area contributed by atoms with Crippen molar-refractivity contribution < 1.29 is 23.8 Å². The van der Waals surface area contributed by atoms with Crippen LogP contribution in [0.3, 0.4) is 0 Å². The summed E-state index contributed by atoms with van der Waals surface area (Å²) in [5.41, 5.74) is 0.0167. The Kier molecular flexibility index (Phi) is 7.16. The van der Waals surface area contributed by atoms with E-state index >= 15 is 0 Å². The third kappa shape index (κ3) is 6.04. The number of methoxy groups -OCH3 is 2. The first kappa shape index (κ1) is 21.9. The summed E-state index contributed by atoms with van der Waals surface area (Å²) in [5, 5.41) is 0. The van der Waals surface area contributed by atoms with E-state index < -0.39 is 5.60 Å². The third-order valence-corrected chi connectivity index (χ3v) is 4.64. The average molecular weight is 392 g/mol. The monoisotopic (exact) mass is 392 g/mol. The topological polar surface area (TPSA) is 68.3 Å². The molecule has 0 spiro atoms. The molecule has 0 aliphatic carbocycles. The van der Waals surface area contributed by atoms with Gasteiger partial charge in [0.25, 0.3) is 5.91 Å². The fourth-order valence-electron chi connectivity index (χ4n) is 3.31. The van der Waals surface area contributed by atoms with Crippen molar-refractivity contribution in [2.24, 2.45) is 5.92 Å². The van der Waals surface area contributed by atoms with Crippen LogP contribution in [-0.2, 0) is 4.74 Å². The number of carbonyl (C=O) groups excluding carboxylic acids is 2. The Bertz CT molecular complexity index is 676. The van der Waals surface area contributed by atoms with E-state index in [4.69, 9.17) is 14.2 Å². The van der Waals surface area contributed by atoms with Crippen LogP contribution >= 0.6 is 0 Å². The van der Waals surface area contributed by atoms with Crippen molar-refractivity contribution in [3.8, 4) is 11.5 Å². The van der Waals surface area contributed by atoms with Gasteiger partial charge in [0.15, 0.2) is 0 Å². The number of carbonyl (C=O) groups is 2. The Morgan fingerprint density at radius 2 is 1.75 bits per heavy atom. The molecule has 0 radical (unpaired) electrons. The van der Waals surface area contributed by atoms with Gasteiger partial charge in [0.1, 0.15) is 17.1 Å². The maximum Gasteiger partial charge on any atom is 0.410 e. The minimum atomic E-state index is -0.522. The SMILES string of the molecule is COc1cc(OC)cc(C(=O)N2CCCC(CN(C)C(=O)OC(C)(C)C)C2)c1. The lowest BCUT2D eigenvalue weighted by Crippen LogP contribution is -2.45. The van der Waals surface area contributed by atoms with E-state index in [0.717, 1.165) is 12.8 Å². The van der Waals surface area contributed by atoms with Crippen molar-refractivity contribution in [3.05, 3.63) is 23.8 Å². The maximum absolute atomic E-state index is 13.0. The Morgan fingerprint density at radius 3 is 2.29 bits per heavy atom. The molecular weight excluding hydrogens is 360 g/mol. The van der Waals surface area contributed by atoms with Gasteiger partial charge in [0.2, 0.25) is 0 Å². The van der Waals surface area contributed by atoms with Gasteiger partial charge in [-0.2, -0.15) is 0 Å². The van der Waals surface area contributed by atoms with Gasteiger partial charge in [-0.25, -0.2) is 4.79 Å². The van der Waals surface area contributed by atoms with Crippen molar-refractivity contribution in [1.29, 1.82) is 0 Å². The molecule has 1 aliphatic rings. The molecule has 1 heterocycles. The van der Waals surface area contributed by atoms with Crippen molar-refractivity contribution >= 4 is 12.0 Å². The second-order valence-electron chi connectivity index (χ2n) is 8.22. The average Bonchev–Trinajstić information content (AvgIpc) is 2.65. The van der Waals surface area contributed by atoms with Gasteiger partial charge in [-0.3, -0.25) is 4.79 Å². The molecule has 28 heavy (non-hydrogen) atoms. The van der Waals surface area contributed by atoms with Crippen LogP contribution in [-0.4, -0.2) is 68.3 Å². The number of hydrogen-bond acceptors (Lipinski definition) is 5. The minimum Gasteiger partial charge on any atom is -0.497 e. The zero-order chi connectivity index (χ0) is 20.9. The van der Waals surface area contributed by atoms with Crippen molar-refractivity contribution in [2.75, 3.05) is 40.9 Å². The number of rotatable bonds is 5. The van der Waals surface area contributed by atoms with Gasteiger partial charge in [-0.15, -0.1) is 0 Å². The number of benzene rings is 1. The molecule has 0 N–H and O–H groups in total. The van der Waals surface area contributed by atoms with Crippen LogP contribution in [0.4, 0.5) is 4.79 Å². The number of hydrogen-bond donors (Lipinski definition) is 0. The molecule has 1 aliphatic heterocycles. The molecule has 156 valence electrons. The summed E-state index contributed by atoms with van der Waals surface area (Å²) >= 11 is 0. The zero-order valence-electron chi connectivity index (χ0n) is 17.8. The first-order chi connectivity index (χ1) is 13.1. The molecule has 7 heteroatoms. The number of amides is 2. The first-order valence-corrected chi connectivity index (χ1v) is 9.59. The van der Waals surface area contributed by atoms with Crippen LogP contribution in [0.1, 0.15) is 44.0 Å². The predicted molar refractivity (Wildman–Crippen MR) is 107 cm³/mol. The summed E-state index contributed by atoms with van der Waals surface area (Å²) in [5.74, 6) is 1.33. The summed E-state index contributed by atoms with van der Waals surface area (Å²) in [6.07, 6.45) is 1.53. The molecule has 1 unspecified atom stereocenters. The largest absolute Gasteiger partial charge is 0.497 e. The first-order valence-electron chi connectivity index (χ1n) is 9.59. The van der Waals surface area contributed by atoms with E-state index in [2.05, 4.69) is 0 Å². The number of nitrogens with zero attached hydrogens (tertiary/aromatic N) is 2. The quantitative estimate of drug-likeness (QED) is 0.768. The number of ether oxygens (including phenoxy) is 3. The van der Waals surface area contributed by atoms with Gasteiger partial charge in [0, 0.05) is 38.3 Å². The van der Waals surface area contributed by atoms with E-state index in [1.165, 1.54) is 0 Å². The normalized spacial score (nSPS) is 17.1. The highest BCUT2D eigenvalue weighted by Crippen LogP contribution is 2.25. The molecule has 1 saturated heterocycles. The number of likely N-dealkylation sites (tertiary alicyclic amines) is 1.